The smallest absolute Gasteiger partial charge is 0.273 e. The number of benzene rings is 1. The molecular formula is C14H20ClN3O2. The number of rotatable bonds is 6. The second kappa shape index (κ2) is 5.97. The molecule has 1 aliphatic rings. The van der Waals surface area contributed by atoms with Crippen LogP contribution < -0.4 is 5.32 Å². The zero-order valence-corrected chi connectivity index (χ0v) is 12.8. The van der Waals surface area contributed by atoms with E-state index in [1.165, 1.54) is 18.9 Å². The first kappa shape index (κ1) is 15.1. The van der Waals surface area contributed by atoms with Gasteiger partial charge in [0.15, 0.2) is 0 Å². The molecule has 2 rings (SSSR count). The van der Waals surface area contributed by atoms with E-state index in [-0.39, 0.29) is 5.69 Å². The van der Waals surface area contributed by atoms with Gasteiger partial charge in [0.1, 0.15) is 0 Å². The number of nitrogens with one attached hydrogen (secondary N) is 1. The second-order valence-electron chi connectivity index (χ2n) is 5.62. The van der Waals surface area contributed by atoms with Crippen LogP contribution in [0.15, 0.2) is 12.1 Å². The third kappa shape index (κ3) is 3.41. The van der Waals surface area contributed by atoms with Crippen molar-refractivity contribution in [2.45, 2.75) is 25.8 Å². The van der Waals surface area contributed by atoms with E-state index in [0.717, 1.165) is 18.2 Å². The predicted molar refractivity (Wildman–Crippen MR) is 81.5 cm³/mol. The lowest BCUT2D eigenvalue weighted by Crippen LogP contribution is -2.36. The molecule has 0 amide bonds. The van der Waals surface area contributed by atoms with Gasteiger partial charge in [-0.1, -0.05) is 11.6 Å². The van der Waals surface area contributed by atoms with E-state index >= 15 is 0 Å². The summed E-state index contributed by atoms with van der Waals surface area (Å²) in [5.74, 6) is 0.746. The highest BCUT2D eigenvalue weighted by atomic mass is 35.5. The van der Waals surface area contributed by atoms with Crippen molar-refractivity contribution in [1.29, 1.82) is 0 Å². The van der Waals surface area contributed by atoms with Crippen molar-refractivity contribution >= 4 is 23.0 Å². The molecule has 0 spiro atoms. The second-order valence-corrected chi connectivity index (χ2v) is 6.03. The summed E-state index contributed by atoms with van der Waals surface area (Å²) in [6.07, 6.45) is 2.55. The Labute approximate surface area is 124 Å². The van der Waals surface area contributed by atoms with Gasteiger partial charge in [0.25, 0.3) is 5.69 Å². The number of hydrogen-bond acceptors (Lipinski definition) is 4. The van der Waals surface area contributed by atoms with Crippen LogP contribution in [0.4, 0.5) is 11.4 Å². The normalized spacial score (nSPS) is 16.2. The Balaban J connectivity index is 2.09. The summed E-state index contributed by atoms with van der Waals surface area (Å²) in [4.78, 5) is 12.7. The Morgan fingerprint density at radius 3 is 2.65 bits per heavy atom. The number of halogens is 1. The van der Waals surface area contributed by atoms with Crippen LogP contribution in [-0.4, -0.2) is 36.5 Å². The molecule has 0 radical (unpaired) electrons. The summed E-state index contributed by atoms with van der Waals surface area (Å²) in [5.41, 5.74) is 1.45. The molecule has 6 heteroatoms. The topological polar surface area (TPSA) is 58.4 Å². The maximum atomic E-state index is 10.9. The van der Waals surface area contributed by atoms with Crippen molar-refractivity contribution in [3.63, 3.8) is 0 Å². The molecule has 1 saturated carbocycles. The minimum absolute atomic E-state index is 0.0619. The van der Waals surface area contributed by atoms with Crippen molar-refractivity contribution in [2.75, 3.05) is 26.0 Å². The number of nitro benzene ring substituents is 1. The zero-order valence-electron chi connectivity index (χ0n) is 12.0. The van der Waals surface area contributed by atoms with E-state index in [1.54, 1.807) is 13.0 Å². The van der Waals surface area contributed by atoms with Gasteiger partial charge in [-0.15, -0.1) is 0 Å². The Kier molecular flexibility index (Phi) is 4.50. The van der Waals surface area contributed by atoms with Crippen LogP contribution in [0.2, 0.25) is 5.02 Å². The average Bonchev–Trinajstić information content (AvgIpc) is 3.16. The molecule has 0 bridgehead atoms. The summed E-state index contributed by atoms with van der Waals surface area (Å²) < 4.78 is 0. The van der Waals surface area contributed by atoms with Crippen LogP contribution in [0.5, 0.6) is 0 Å². The van der Waals surface area contributed by atoms with E-state index in [9.17, 15) is 10.1 Å². The molecule has 110 valence electrons. The van der Waals surface area contributed by atoms with Gasteiger partial charge < -0.3 is 10.2 Å². The van der Waals surface area contributed by atoms with Crippen molar-refractivity contribution in [2.24, 2.45) is 5.92 Å². The van der Waals surface area contributed by atoms with Gasteiger partial charge in [-0.25, -0.2) is 0 Å². The number of hydrogen-bond donors (Lipinski definition) is 1. The Hall–Kier alpha value is -1.33. The van der Waals surface area contributed by atoms with Crippen molar-refractivity contribution in [1.82, 2.24) is 4.90 Å². The van der Waals surface area contributed by atoms with E-state index in [0.29, 0.717) is 16.6 Å². The van der Waals surface area contributed by atoms with Gasteiger partial charge >= 0.3 is 0 Å². The van der Waals surface area contributed by atoms with Gasteiger partial charge in [0.05, 0.1) is 15.6 Å². The van der Waals surface area contributed by atoms with Gasteiger partial charge in [0.2, 0.25) is 0 Å². The largest absolute Gasteiger partial charge is 0.382 e. The summed E-state index contributed by atoms with van der Waals surface area (Å²) in [5, 5.41) is 14.6. The average molecular weight is 298 g/mol. The standard InChI is InChI=1S/C14H20ClN3O2/c1-9-6-12(11(15)7-13(9)18(19)20)16-8-14(17(2)3)10-4-5-10/h6-7,10,14,16H,4-5,8H2,1-3H3. The van der Waals surface area contributed by atoms with Gasteiger partial charge in [-0.3, -0.25) is 10.1 Å². The third-order valence-corrected chi connectivity index (χ3v) is 4.13. The summed E-state index contributed by atoms with van der Waals surface area (Å²) in [6.45, 7) is 2.53. The molecule has 1 aliphatic carbocycles. The molecule has 0 saturated heterocycles. The molecule has 5 nitrogen and oxygen atoms in total. The lowest BCUT2D eigenvalue weighted by Gasteiger charge is -2.25. The molecule has 0 aromatic heterocycles. The van der Waals surface area contributed by atoms with Crippen LogP contribution in [0.1, 0.15) is 18.4 Å². The quantitative estimate of drug-likeness (QED) is 0.646. The highest BCUT2D eigenvalue weighted by molar-refractivity contribution is 6.33. The van der Waals surface area contributed by atoms with Crippen molar-refractivity contribution in [3.8, 4) is 0 Å². The van der Waals surface area contributed by atoms with Crippen LogP contribution in [0.25, 0.3) is 0 Å². The summed E-state index contributed by atoms with van der Waals surface area (Å²) in [6, 6.07) is 3.64. The number of likely N-dealkylation sites (N-methyl/N-ethyl adjacent to an activating group) is 1. The molecule has 20 heavy (non-hydrogen) atoms. The fraction of sp³-hybridized carbons (Fsp3) is 0.571. The molecule has 1 atom stereocenters. The Morgan fingerprint density at radius 2 is 2.15 bits per heavy atom. The SMILES string of the molecule is Cc1cc(NCC(C2CC2)N(C)C)c(Cl)cc1[N+](=O)[O-]. The predicted octanol–water partition coefficient (Wildman–Crippen LogP) is 3.31. The minimum Gasteiger partial charge on any atom is -0.382 e. The number of nitro groups is 1. The fourth-order valence-electron chi connectivity index (χ4n) is 2.47. The van der Waals surface area contributed by atoms with Crippen LogP contribution >= 0.6 is 11.6 Å². The first-order valence-electron chi connectivity index (χ1n) is 6.75. The summed E-state index contributed by atoms with van der Waals surface area (Å²) in [7, 11) is 4.15. The first-order chi connectivity index (χ1) is 9.40. The van der Waals surface area contributed by atoms with E-state index in [4.69, 9.17) is 11.6 Å². The molecule has 1 aromatic carbocycles. The van der Waals surface area contributed by atoms with Crippen LogP contribution in [0, 0.1) is 23.0 Å². The zero-order chi connectivity index (χ0) is 14.9. The molecule has 1 N–H and O–H groups in total. The van der Waals surface area contributed by atoms with Gasteiger partial charge in [-0.2, -0.15) is 0 Å². The lowest BCUT2D eigenvalue weighted by molar-refractivity contribution is -0.385. The Morgan fingerprint density at radius 1 is 1.50 bits per heavy atom. The molecule has 1 fully saturated rings. The fourth-order valence-corrected chi connectivity index (χ4v) is 2.69. The molecule has 0 heterocycles. The number of nitrogens with zero attached hydrogens (tertiary/aromatic N) is 2. The molecular weight excluding hydrogens is 278 g/mol. The summed E-state index contributed by atoms with van der Waals surface area (Å²) >= 11 is 6.12. The van der Waals surface area contributed by atoms with Crippen molar-refractivity contribution < 1.29 is 4.92 Å². The Bertz CT molecular complexity index is 513. The maximum Gasteiger partial charge on any atom is 0.273 e. The van der Waals surface area contributed by atoms with Gasteiger partial charge in [-0.05, 0) is 45.8 Å². The van der Waals surface area contributed by atoms with E-state index < -0.39 is 4.92 Å². The molecule has 0 aliphatic heterocycles. The third-order valence-electron chi connectivity index (χ3n) is 3.81. The number of aryl methyl sites for hydroxylation is 1. The monoisotopic (exact) mass is 297 g/mol. The maximum absolute atomic E-state index is 10.9. The van der Waals surface area contributed by atoms with E-state index in [2.05, 4.69) is 24.3 Å². The van der Waals surface area contributed by atoms with E-state index in [1.807, 2.05) is 0 Å². The van der Waals surface area contributed by atoms with Crippen molar-refractivity contribution in [3.05, 3.63) is 32.8 Å². The lowest BCUT2D eigenvalue weighted by atomic mass is 10.1. The highest BCUT2D eigenvalue weighted by Crippen LogP contribution is 2.35. The van der Waals surface area contributed by atoms with Gasteiger partial charge in [0, 0.05) is 24.2 Å². The van der Waals surface area contributed by atoms with Crippen LogP contribution in [0.3, 0.4) is 0 Å². The molecule has 1 aromatic rings. The first-order valence-corrected chi connectivity index (χ1v) is 7.12. The minimum atomic E-state index is -0.405. The highest BCUT2D eigenvalue weighted by Gasteiger charge is 2.32. The number of anilines is 1. The molecule has 1 unspecified atom stereocenters. The van der Waals surface area contributed by atoms with Crippen LogP contribution in [-0.2, 0) is 0 Å².